The second-order valence-corrected chi connectivity index (χ2v) is 10.3. The fourth-order valence-corrected chi connectivity index (χ4v) is 9.53. The molecule has 1 aliphatic heterocycles. The minimum Gasteiger partial charge on any atom is -0.0999 e. The van der Waals surface area contributed by atoms with E-state index in [0.29, 0.717) is 5.04 Å². The largest absolute Gasteiger partial charge is 0.128 e. The summed E-state index contributed by atoms with van der Waals surface area (Å²) in [5.41, 5.74) is 1.34. The van der Waals surface area contributed by atoms with Crippen molar-refractivity contribution in [1.82, 2.24) is 0 Å². The Balaban J connectivity index is 2.18. The molecule has 1 saturated heterocycles. The highest BCUT2D eigenvalue weighted by atomic mass is 28.3. The van der Waals surface area contributed by atoms with Gasteiger partial charge in [-0.15, -0.1) is 0 Å². The lowest BCUT2D eigenvalue weighted by atomic mass is 10.1. The van der Waals surface area contributed by atoms with Crippen LogP contribution in [0.25, 0.3) is 0 Å². The third-order valence-electron chi connectivity index (χ3n) is 4.91. The standard InChI is InChI=1S/C18H20Si/c1-15(2)18(3)14-19(18,16-10-6-4-7-11-16)17-12-8-5-9-13-17/h4-13H,1,14H2,2-3H3. The number of hydrogen-bond donors (Lipinski definition) is 0. The van der Waals surface area contributed by atoms with Gasteiger partial charge in [-0.25, -0.2) is 0 Å². The first-order valence-electron chi connectivity index (χ1n) is 6.88. The van der Waals surface area contributed by atoms with Crippen molar-refractivity contribution in [3.8, 4) is 0 Å². The average molecular weight is 264 g/mol. The molecule has 1 aliphatic rings. The van der Waals surface area contributed by atoms with Crippen LogP contribution in [0.3, 0.4) is 0 Å². The van der Waals surface area contributed by atoms with E-state index in [9.17, 15) is 0 Å². The van der Waals surface area contributed by atoms with Gasteiger partial charge in [-0.05, 0) is 18.0 Å². The summed E-state index contributed by atoms with van der Waals surface area (Å²) in [6.45, 7) is 8.87. The smallest absolute Gasteiger partial charge is 0.0999 e. The highest BCUT2D eigenvalue weighted by Crippen LogP contribution is 2.65. The van der Waals surface area contributed by atoms with E-state index in [1.807, 2.05) is 0 Å². The van der Waals surface area contributed by atoms with E-state index in [0.717, 1.165) is 0 Å². The maximum absolute atomic E-state index is 4.27. The van der Waals surface area contributed by atoms with Crippen molar-refractivity contribution in [2.24, 2.45) is 0 Å². The predicted molar refractivity (Wildman–Crippen MR) is 85.9 cm³/mol. The van der Waals surface area contributed by atoms with Crippen molar-refractivity contribution in [3.63, 3.8) is 0 Å². The van der Waals surface area contributed by atoms with Gasteiger partial charge in [0.1, 0.15) is 8.07 Å². The summed E-state index contributed by atoms with van der Waals surface area (Å²) in [7, 11) is -1.62. The molecule has 1 heterocycles. The first-order chi connectivity index (χ1) is 9.11. The van der Waals surface area contributed by atoms with Crippen molar-refractivity contribution >= 4 is 18.4 Å². The third-order valence-corrected chi connectivity index (χ3v) is 10.8. The van der Waals surface area contributed by atoms with Crippen molar-refractivity contribution in [1.29, 1.82) is 0 Å². The Morgan fingerprint density at radius 2 is 1.37 bits per heavy atom. The summed E-state index contributed by atoms with van der Waals surface area (Å²) >= 11 is 0. The quantitative estimate of drug-likeness (QED) is 0.587. The normalized spacial score (nSPS) is 23.9. The number of allylic oxidation sites excluding steroid dienone is 1. The van der Waals surface area contributed by atoms with Crippen molar-refractivity contribution < 1.29 is 0 Å². The van der Waals surface area contributed by atoms with E-state index in [1.165, 1.54) is 11.6 Å². The second-order valence-electron chi connectivity index (χ2n) is 5.93. The maximum atomic E-state index is 4.27. The maximum Gasteiger partial charge on any atom is 0.128 e. The van der Waals surface area contributed by atoms with Gasteiger partial charge in [-0.1, -0.05) is 90.1 Å². The lowest BCUT2D eigenvalue weighted by Gasteiger charge is -2.23. The van der Waals surface area contributed by atoms with Crippen molar-refractivity contribution in [2.45, 2.75) is 24.9 Å². The van der Waals surface area contributed by atoms with E-state index >= 15 is 0 Å². The topological polar surface area (TPSA) is 0 Å². The Labute approximate surface area is 116 Å². The molecule has 1 fully saturated rings. The summed E-state index contributed by atoms with van der Waals surface area (Å²) in [6.07, 6.45) is 0. The van der Waals surface area contributed by atoms with Gasteiger partial charge in [0.25, 0.3) is 0 Å². The molecular weight excluding hydrogens is 244 g/mol. The molecule has 0 nitrogen and oxygen atoms in total. The minimum atomic E-state index is -1.62. The summed E-state index contributed by atoms with van der Waals surface area (Å²) in [5.74, 6) is 0. The van der Waals surface area contributed by atoms with Crippen LogP contribution in [0.15, 0.2) is 72.8 Å². The molecule has 1 unspecified atom stereocenters. The zero-order valence-electron chi connectivity index (χ0n) is 11.7. The summed E-state index contributed by atoms with van der Waals surface area (Å²) in [4.78, 5) is 0. The Kier molecular flexibility index (Phi) is 2.75. The molecule has 1 heteroatoms. The lowest BCUT2D eigenvalue weighted by Crippen LogP contribution is -2.48. The minimum absolute atomic E-state index is 0.315. The highest BCUT2D eigenvalue weighted by molar-refractivity contribution is 7.13. The van der Waals surface area contributed by atoms with Gasteiger partial charge in [-0.2, -0.15) is 0 Å². The molecule has 0 saturated carbocycles. The zero-order chi connectivity index (χ0) is 13.5. The summed E-state index contributed by atoms with van der Waals surface area (Å²) in [6, 6.07) is 23.4. The van der Waals surface area contributed by atoms with Crippen LogP contribution in [0.5, 0.6) is 0 Å². The van der Waals surface area contributed by atoms with Crippen molar-refractivity contribution in [2.75, 3.05) is 0 Å². The van der Waals surface area contributed by atoms with Crippen molar-refractivity contribution in [3.05, 3.63) is 72.8 Å². The monoisotopic (exact) mass is 264 g/mol. The molecule has 0 spiro atoms. The predicted octanol–water partition coefficient (Wildman–Crippen LogP) is 3.60. The number of benzene rings is 2. The molecule has 0 aromatic heterocycles. The van der Waals surface area contributed by atoms with Gasteiger partial charge in [0.05, 0.1) is 0 Å². The molecule has 0 bridgehead atoms. The Morgan fingerprint density at radius 1 is 0.947 bits per heavy atom. The summed E-state index contributed by atoms with van der Waals surface area (Å²) < 4.78 is 0. The van der Waals surface area contributed by atoms with Gasteiger partial charge >= 0.3 is 0 Å². The van der Waals surface area contributed by atoms with E-state index in [-0.39, 0.29) is 0 Å². The average Bonchev–Trinajstić information content (AvgIpc) is 3.10. The van der Waals surface area contributed by atoms with Gasteiger partial charge < -0.3 is 0 Å². The first-order valence-corrected chi connectivity index (χ1v) is 9.09. The second kappa shape index (κ2) is 4.21. The van der Waals surface area contributed by atoms with E-state index in [4.69, 9.17) is 0 Å². The number of hydrogen-bond acceptors (Lipinski definition) is 0. The highest BCUT2D eigenvalue weighted by Gasteiger charge is 2.68. The van der Waals surface area contributed by atoms with Gasteiger partial charge in [0.15, 0.2) is 0 Å². The molecule has 0 aliphatic carbocycles. The SMILES string of the molecule is C=C(C)C1(C)C[Si]1(c1ccccc1)c1ccccc1. The molecule has 2 aromatic rings. The Bertz CT molecular complexity index is 561. The van der Waals surface area contributed by atoms with Crippen LogP contribution in [-0.4, -0.2) is 8.07 Å². The van der Waals surface area contributed by atoms with E-state index in [1.54, 1.807) is 10.4 Å². The Morgan fingerprint density at radius 3 is 1.68 bits per heavy atom. The first kappa shape index (κ1) is 12.4. The van der Waals surface area contributed by atoms with Gasteiger partial charge in [0.2, 0.25) is 0 Å². The number of rotatable bonds is 3. The van der Waals surface area contributed by atoms with Crippen LogP contribution in [-0.2, 0) is 0 Å². The molecule has 0 radical (unpaired) electrons. The van der Waals surface area contributed by atoms with Crippen LogP contribution < -0.4 is 10.4 Å². The molecule has 96 valence electrons. The molecule has 2 aromatic carbocycles. The molecular formula is C18H20Si. The molecule has 19 heavy (non-hydrogen) atoms. The Hall–Kier alpha value is -1.60. The van der Waals surface area contributed by atoms with Gasteiger partial charge in [-0.3, -0.25) is 0 Å². The third kappa shape index (κ3) is 1.65. The van der Waals surface area contributed by atoms with Gasteiger partial charge in [0, 0.05) is 0 Å². The molecule has 0 N–H and O–H groups in total. The fraction of sp³-hybridized carbons (Fsp3) is 0.222. The molecule has 3 rings (SSSR count). The van der Waals surface area contributed by atoms with Crippen LogP contribution >= 0.6 is 0 Å². The van der Waals surface area contributed by atoms with Crippen LogP contribution in [0.2, 0.25) is 11.1 Å². The van der Waals surface area contributed by atoms with Crippen LogP contribution in [0, 0.1) is 0 Å². The summed E-state index contributed by atoms with van der Waals surface area (Å²) in [5, 5.41) is 3.41. The zero-order valence-corrected chi connectivity index (χ0v) is 12.7. The lowest BCUT2D eigenvalue weighted by molar-refractivity contribution is 0.901. The fourth-order valence-electron chi connectivity index (χ4n) is 3.45. The van der Waals surface area contributed by atoms with E-state index < -0.39 is 8.07 Å². The van der Waals surface area contributed by atoms with Crippen LogP contribution in [0.1, 0.15) is 13.8 Å². The molecule has 1 atom stereocenters. The van der Waals surface area contributed by atoms with Crippen LogP contribution in [0.4, 0.5) is 0 Å². The van der Waals surface area contributed by atoms with E-state index in [2.05, 4.69) is 81.1 Å². The molecule has 0 amide bonds.